The molecule has 2 fully saturated rings. The molecule has 0 amide bonds. The summed E-state index contributed by atoms with van der Waals surface area (Å²) in [5, 5.41) is 0. The molecular weight excluding hydrogens is 392 g/mol. The van der Waals surface area contributed by atoms with E-state index in [1.807, 2.05) is 0 Å². The van der Waals surface area contributed by atoms with Gasteiger partial charge in [0, 0.05) is 6.42 Å². The van der Waals surface area contributed by atoms with Crippen LogP contribution in [0.2, 0.25) is 39.3 Å². The van der Waals surface area contributed by atoms with Crippen LogP contribution in [0.3, 0.4) is 0 Å². The number of Topliss-reactive ketones (excluding diaryl/α,β-unsaturated/α-hetero) is 1. The molecule has 0 N–H and O–H groups in total. The Morgan fingerprint density at radius 3 is 2.34 bits per heavy atom. The third kappa shape index (κ3) is 3.57. The fourth-order valence-electron chi connectivity index (χ4n) is 6.48. The van der Waals surface area contributed by atoms with E-state index in [0.29, 0.717) is 24.0 Å². The number of rotatable bonds is 4. The minimum Gasteiger partial charge on any atom is -0.544 e. The van der Waals surface area contributed by atoms with Crippen LogP contribution in [0.15, 0.2) is 18.2 Å². The number of carbonyl (C=O) groups is 1. The molecule has 4 rings (SSSR count). The second-order valence-corrected chi connectivity index (χ2v) is 20.6. The normalized spacial score (nSPS) is 34.4. The molecule has 0 aliphatic heterocycles. The van der Waals surface area contributed by atoms with Crippen LogP contribution < -0.4 is 4.43 Å². The van der Waals surface area contributed by atoms with Crippen molar-refractivity contribution in [2.24, 2.45) is 11.3 Å². The van der Waals surface area contributed by atoms with Crippen LogP contribution >= 0.6 is 0 Å². The van der Waals surface area contributed by atoms with Gasteiger partial charge in [-0.1, -0.05) is 6.07 Å². The zero-order valence-electron chi connectivity index (χ0n) is 19.4. The summed E-state index contributed by atoms with van der Waals surface area (Å²) in [6.07, 6.45) is 5.87. The molecule has 0 spiro atoms. The van der Waals surface area contributed by atoms with E-state index in [1.165, 1.54) is 11.1 Å². The predicted octanol–water partition coefficient (Wildman–Crippen LogP) is 6.30. The summed E-state index contributed by atoms with van der Waals surface area (Å²) in [6, 6.07) is 6.80. The highest BCUT2D eigenvalue weighted by Gasteiger charge is 2.66. The Labute approximate surface area is 178 Å². The number of aryl methyl sites for hydroxylation is 1. The lowest BCUT2D eigenvalue weighted by atomic mass is 9.53. The molecule has 2 saturated carbocycles. The third-order valence-corrected chi connectivity index (χ3v) is 9.29. The summed E-state index contributed by atoms with van der Waals surface area (Å²) in [5.41, 5.74) is 2.39. The van der Waals surface area contributed by atoms with Crippen molar-refractivity contribution >= 4 is 22.4 Å². The topological polar surface area (TPSA) is 35.5 Å². The van der Waals surface area contributed by atoms with Crippen molar-refractivity contribution in [2.75, 3.05) is 0 Å². The van der Waals surface area contributed by atoms with Crippen LogP contribution in [0.5, 0.6) is 5.75 Å². The fourth-order valence-corrected chi connectivity index (χ4v) is 8.89. The maximum atomic E-state index is 13.0. The lowest BCUT2D eigenvalue weighted by Crippen LogP contribution is -2.61. The van der Waals surface area contributed by atoms with Gasteiger partial charge < -0.3 is 8.85 Å². The molecular formula is C24H38O3Si2. The molecule has 3 nitrogen and oxygen atoms in total. The van der Waals surface area contributed by atoms with E-state index < -0.39 is 16.6 Å². The first-order valence-corrected chi connectivity index (χ1v) is 18.2. The van der Waals surface area contributed by atoms with Crippen molar-refractivity contribution in [1.29, 1.82) is 0 Å². The maximum absolute atomic E-state index is 13.0. The van der Waals surface area contributed by atoms with Crippen molar-refractivity contribution in [3.63, 3.8) is 0 Å². The monoisotopic (exact) mass is 430 g/mol. The Bertz CT molecular complexity index is 822. The van der Waals surface area contributed by atoms with Gasteiger partial charge in [0.1, 0.15) is 11.5 Å². The zero-order chi connectivity index (χ0) is 21.2. The summed E-state index contributed by atoms with van der Waals surface area (Å²) < 4.78 is 13.3. The Balaban J connectivity index is 1.72. The molecule has 1 aromatic carbocycles. The van der Waals surface area contributed by atoms with Gasteiger partial charge in [-0.25, -0.2) is 0 Å². The van der Waals surface area contributed by atoms with Gasteiger partial charge in [-0.2, -0.15) is 0 Å². The summed E-state index contributed by atoms with van der Waals surface area (Å²) in [6.45, 7) is 15.8. The van der Waals surface area contributed by atoms with E-state index >= 15 is 0 Å². The Morgan fingerprint density at radius 1 is 0.966 bits per heavy atom. The van der Waals surface area contributed by atoms with Gasteiger partial charge in [0.2, 0.25) is 8.32 Å². The van der Waals surface area contributed by atoms with Crippen LogP contribution in [0.1, 0.15) is 56.1 Å². The quantitative estimate of drug-likeness (QED) is 0.526. The minimum atomic E-state index is -1.79. The van der Waals surface area contributed by atoms with E-state index in [-0.39, 0.29) is 11.0 Å². The molecule has 3 aliphatic rings. The average Bonchev–Trinajstić information content (AvgIpc) is 2.83. The van der Waals surface area contributed by atoms with Crippen molar-refractivity contribution in [3.05, 3.63) is 29.3 Å². The van der Waals surface area contributed by atoms with Crippen LogP contribution in [-0.2, 0) is 15.6 Å². The van der Waals surface area contributed by atoms with Gasteiger partial charge in [0.25, 0.3) is 0 Å². The summed E-state index contributed by atoms with van der Waals surface area (Å²) in [7, 11) is -3.39. The van der Waals surface area contributed by atoms with Crippen molar-refractivity contribution in [3.8, 4) is 5.75 Å². The number of benzene rings is 1. The van der Waals surface area contributed by atoms with E-state index in [1.54, 1.807) is 0 Å². The van der Waals surface area contributed by atoms with Crippen molar-refractivity contribution in [2.45, 2.75) is 96.2 Å². The Hall–Kier alpha value is -0.916. The molecule has 4 atom stereocenters. The standard InChI is InChI=1S/C24H38O3Si2/c1-23-14-12-20-19-10-9-18(26-28(2,3)4)16-17(19)8-11-21(20)24(23,15-13-22(23)25)27-29(5,6)7/h9-10,16,20-21H,8,11-15H2,1-7H3/t20-,21-,23-,24-/m1/s1. The first-order chi connectivity index (χ1) is 13.3. The number of hydrogen-bond acceptors (Lipinski definition) is 3. The molecule has 29 heavy (non-hydrogen) atoms. The predicted molar refractivity (Wildman–Crippen MR) is 124 cm³/mol. The third-order valence-electron chi connectivity index (χ3n) is 7.46. The van der Waals surface area contributed by atoms with E-state index in [4.69, 9.17) is 8.85 Å². The average molecular weight is 431 g/mol. The highest BCUT2D eigenvalue weighted by molar-refractivity contribution is 6.70. The maximum Gasteiger partial charge on any atom is 0.242 e. The zero-order valence-corrected chi connectivity index (χ0v) is 21.4. The highest BCUT2D eigenvalue weighted by Crippen LogP contribution is 2.64. The first kappa shape index (κ1) is 21.3. The lowest BCUT2D eigenvalue weighted by molar-refractivity contribution is -0.151. The van der Waals surface area contributed by atoms with Crippen LogP contribution in [-0.4, -0.2) is 28.0 Å². The largest absolute Gasteiger partial charge is 0.544 e. The Morgan fingerprint density at radius 2 is 1.69 bits per heavy atom. The number of ketones is 1. The lowest BCUT2D eigenvalue weighted by Gasteiger charge is -2.58. The van der Waals surface area contributed by atoms with E-state index in [9.17, 15) is 4.79 Å². The second-order valence-electron chi connectivity index (χ2n) is 11.7. The molecule has 0 saturated heterocycles. The first-order valence-electron chi connectivity index (χ1n) is 11.4. The van der Waals surface area contributed by atoms with Crippen molar-refractivity contribution < 1.29 is 13.6 Å². The second kappa shape index (κ2) is 6.79. The summed E-state index contributed by atoms with van der Waals surface area (Å²) >= 11 is 0. The number of carbonyl (C=O) groups excluding carboxylic acids is 1. The number of hydrogen-bond donors (Lipinski definition) is 0. The smallest absolute Gasteiger partial charge is 0.242 e. The highest BCUT2D eigenvalue weighted by atomic mass is 28.4. The molecule has 0 unspecified atom stereocenters. The molecule has 0 bridgehead atoms. The van der Waals surface area contributed by atoms with Gasteiger partial charge in [-0.3, -0.25) is 4.79 Å². The minimum absolute atomic E-state index is 0.261. The molecule has 3 aliphatic carbocycles. The van der Waals surface area contributed by atoms with Crippen molar-refractivity contribution in [1.82, 2.24) is 0 Å². The van der Waals surface area contributed by atoms with Crippen LogP contribution in [0.25, 0.3) is 0 Å². The molecule has 0 heterocycles. The summed E-state index contributed by atoms with van der Waals surface area (Å²) in [5.74, 6) is 2.44. The summed E-state index contributed by atoms with van der Waals surface area (Å²) in [4.78, 5) is 13.0. The molecule has 5 heteroatoms. The molecule has 0 radical (unpaired) electrons. The number of fused-ring (bicyclic) bond motifs is 5. The van der Waals surface area contributed by atoms with Gasteiger partial charge >= 0.3 is 0 Å². The van der Waals surface area contributed by atoms with Gasteiger partial charge in [0.15, 0.2) is 8.32 Å². The van der Waals surface area contributed by atoms with Gasteiger partial charge in [-0.05, 0) is 113 Å². The molecule has 0 aromatic heterocycles. The van der Waals surface area contributed by atoms with E-state index in [2.05, 4.69) is 64.4 Å². The van der Waals surface area contributed by atoms with Crippen LogP contribution in [0.4, 0.5) is 0 Å². The Kier molecular flexibility index (Phi) is 4.99. The van der Waals surface area contributed by atoms with Crippen LogP contribution in [0, 0.1) is 11.3 Å². The van der Waals surface area contributed by atoms with Gasteiger partial charge in [0.05, 0.1) is 11.0 Å². The van der Waals surface area contributed by atoms with Gasteiger partial charge in [-0.15, -0.1) is 0 Å². The van der Waals surface area contributed by atoms with E-state index in [0.717, 1.165) is 37.9 Å². The molecule has 160 valence electrons. The molecule has 1 aromatic rings. The SMILES string of the molecule is C[C@]12CC[C@@H]3c4ccc(O[Si](C)(C)C)cc4CC[C@H]3[C@]1(O[Si](C)(C)C)CCC2=O. The fraction of sp³-hybridized carbons (Fsp3) is 0.708.